The van der Waals surface area contributed by atoms with Gasteiger partial charge in [-0.3, -0.25) is 0 Å². The average Bonchev–Trinajstić information content (AvgIpc) is 2.75. The molecule has 2 fully saturated rings. The lowest BCUT2D eigenvalue weighted by Crippen LogP contribution is -2.41. The van der Waals surface area contributed by atoms with E-state index < -0.39 is 0 Å². The zero-order valence-electron chi connectivity index (χ0n) is 15.6. The lowest BCUT2D eigenvalue weighted by Gasteiger charge is -2.40. The maximum atomic E-state index is 9.14. The number of piperidine rings is 2. The Hall–Kier alpha value is -2.10. The van der Waals surface area contributed by atoms with Gasteiger partial charge in [0.25, 0.3) is 0 Å². The van der Waals surface area contributed by atoms with Gasteiger partial charge in [-0.2, -0.15) is 5.26 Å². The van der Waals surface area contributed by atoms with E-state index in [0.717, 1.165) is 62.6 Å². The number of hydrogen-bond donors (Lipinski definition) is 0. The SMILES string of the molecule is N#Cc1nc(N2CCC(C3CCN(c4ncc(Cl)cn4)CC3)CC2)ccc1Cl. The third kappa shape index (κ3) is 4.16. The molecule has 0 aromatic carbocycles. The van der Waals surface area contributed by atoms with E-state index in [1.165, 1.54) is 12.8 Å². The van der Waals surface area contributed by atoms with Crippen LogP contribution in [0, 0.1) is 23.2 Å². The Balaban J connectivity index is 1.30. The van der Waals surface area contributed by atoms with Gasteiger partial charge < -0.3 is 9.80 Å². The molecule has 0 aliphatic carbocycles. The van der Waals surface area contributed by atoms with E-state index in [-0.39, 0.29) is 0 Å². The zero-order chi connectivity index (χ0) is 19.5. The summed E-state index contributed by atoms with van der Waals surface area (Å²) < 4.78 is 0. The quantitative estimate of drug-likeness (QED) is 0.746. The molecule has 4 heterocycles. The van der Waals surface area contributed by atoms with Crippen molar-refractivity contribution in [3.8, 4) is 6.07 Å². The molecule has 6 nitrogen and oxygen atoms in total. The summed E-state index contributed by atoms with van der Waals surface area (Å²) in [6.07, 6.45) is 7.99. The Morgan fingerprint density at radius 2 is 1.46 bits per heavy atom. The number of nitriles is 1. The van der Waals surface area contributed by atoms with Gasteiger partial charge in [0.05, 0.1) is 22.4 Å². The summed E-state index contributed by atoms with van der Waals surface area (Å²) in [5, 5.41) is 10.1. The molecule has 2 aliphatic rings. The second-order valence-corrected chi connectivity index (χ2v) is 8.31. The predicted octanol–water partition coefficient (Wildman–Crippen LogP) is 4.18. The van der Waals surface area contributed by atoms with Crippen LogP contribution >= 0.6 is 23.2 Å². The predicted molar refractivity (Wildman–Crippen MR) is 111 cm³/mol. The minimum Gasteiger partial charge on any atom is -0.357 e. The minimum atomic E-state index is 0.304. The fourth-order valence-electron chi connectivity index (χ4n) is 4.33. The monoisotopic (exact) mass is 416 g/mol. The Morgan fingerprint density at radius 3 is 2.04 bits per heavy atom. The first-order chi connectivity index (χ1) is 13.6. The molecule has 28 heavy (non-hydrogen) atoms. The van der Waals surface area contributed by atoms with Gasteiger partial charge in [-0.25, -0.2) is 15.0 Å². The molecule has 0 atom stereocenters. The molecule has 0 unspecified atom stereocenters. The van der Waals surface area contributed by atoms with Crippen molar-refractivity contribution < 1.29 is 0 Å². The van der Waals surface area contributed by atoms with Gasteiger partial charge in [0.1, 0.15) is 11.9 Å². The van der Waals surface area contributed by atoms with Crippen molar-refractivity contribution in [2.45, 2.75) is 25.7 Å². The molecule has 2 aromatic heterocycles. The number of nitrogens with zero attached hydrogens (tertiary/aromatic N) is 6. The molecule has 0 saturated carbocycles. The molecule has 0 N–H and O–H groups in total. The smallest absolute Gasteiger partial charge is 0.225 e. The maximum Gasteiger partial charge on any atom is 0.225 e. The number of anilines is 2. The van der Waals surface area contributed by atoms with Crippen LogP contribution in [-0.4, -0.2) is 41.1 Å². The highest BCUT2D eigenvalue weighted by atomic mass is 35.5. The molecule has 2 aromatic rings. The highest BCUT2D eigenvalue weighted by Crippen LogP contribution is 2.34. The molecule has 8 heteroatoms. The number of aromatic nitrogens is 3. The summed E-state index contributed by atoms with van der Waals surface area (Å²) in [7, 11) is 0. The summed E-state index contributed by atoms with van der Waals surface area (Å²) in [4.78, 5) is 17.6. The van der Waals surface area contributed by atoms with Crippen LogP contribution in [0.25, 0.3) is 0 Å². The third-order valence-corrected chi connectivity index (χ3v) is 6.40. The van der Waals surface area contributed by atoms with Crippen LogP contribution in [0.3, 0.4) is 0 Å². The second kappa shape index (κ2) is 8.50. The highest BCUT2D eigenvalue weighted by molar-refractivity contribution is 6.31. The molecule has 2 aliphatic heterocycles. The van der Waals surface area contributed by atoms with Crippen LogP contribution in [-0.2, 0) is 0 Å². The Morgan fingerprint density at radius 1 is 0.893 bits per heavy atom. The molecule has 2 saturated heterocycles. The Kier molecular flexibility index (Phi) is 5.84. The summed E-state index contributed by atoms with van der Waals surface area (Å²) in [5.41, 5.74) is 0.304. The van der Waals surface area contributed by atoms with Crippen molar-refractivity contribution >= 4 is 35.0 Å². The first kappa shape index (κ1) is 19.2. The number of halogens is 2. The summed E-state index contributed by atoms with van der Waals surface area (Å²) in [5.74, 6) is 3.12. The van der Waals surface area contributed by atoms with Gasteiger partial charge in [0, 0.05) is 26.2 Å². The van der Waals surface area contributed by atoms with Crippen LogP contribution in [0.4, 0.5) is 11.8 Å². The van der Waals surface area contributed by atoms with Crippen LogP contribution in [0.2, 0.25) is 10.0 Å². The molecular formula is C20H22Cl2N6. The lowest BCUT2D eigenvalue weighted by molar-refractivity contribution is 0.232. The van der Waals surface area contributed by atoms with Gasteiger partial charge in [0.2, 0.25) is 5.95 Å². The van der Waals surface area contributed by atoms with E-state index in [1.54, 1.807) is 18.5 Å². The number of pyridine rings is 1. The lowest BCUT2D eigenvalue weighted by atomic mass is 9.79. The van der Waals surface area contributed by atoms with Crippen LogP contribution in [0.1, 0.15) is 31.4 Å². The summed E-state index contributed by atoms with van der Waals surface area (Å²) in [6.45, 7) is 3.95. The number of rotatable bonds is 3. The van der Waals surface area contributed by atoms with Crippen molar-refractivity contribution in [2.75, 3.05) is 36.0 Å². The van der Waals surface area contributed by atoms with E-state index in [9.17, 15) is 0 Å². The van der Waals surface area contributed by atoms with Gasteiger partial charge in [-0.1, -0.05) is 23.2 Å². The van der Waals surface area contributed by atoms with E-state index in [4.69, 9.17) is 28.5 Å². The molecule has 0 spiro atoms. The van der Waals surface area contributed by atoms with E-state index >= 15 is 0 Å². The fourth-order valence-corrected chi connectivity index (χ4v) is 4.57. The maximum absolute atomic E-state index is 9.14. The highest BCUT2D eigenvalue weighted by Gasteiger charge is 2.30. The summed E-state index contributed by atoms with van der Waals surface area (Å²) >= 11 is 11.9. The molecule has 0 amide bonds. The van der Waals surface area contributed by atoms with E-state index in [2.05, 4.69) is 30.8 Å². The molecular weight excluding hydrogens is 395 g/mol. The zero-order valence-corrected chi connectivity index (χ0v) is 17.1. The average molecular weight is 417 g/mol. The standard InChI is InChI=1S/C20H22Cl2N6/c21-16-12-24-20(25-13-16)28-9-5-15(6-10-28)14-3-7-27(8-4-14)19-2-1-17(22)18(11-23)26-19/h1-2,12-15H,3-10H2. The van der Waals surface area contributed by atoms with Crippen molar-refractivity contribution in [2.24, 2.45) is 11.8 Å². The van der Waals surface area contributed by atoms with Gasteiger partial charge in [0.15, 0.2) is 5.69 Å². The molecule has 4 rings (SSSR count). The van der Waals surface area contributed by atoms with E-state index in [0.29, 0.717) is 15.7 Å². The molecule has 0 radical (unpaired) electrons. The number of hydrogen-bond acceptors (Lipinski definition) is 6. The van der Waals surface area contributed by atoms with Gasteiger partial charge in [-0.05, 0) is 49.7 Å². The Bertz CT molecular complexity index is 850. The van der Waals surface area contributed by atoms with Crippen LogP contribution in [0.15, 0.2) is 24.5 Å². The van der Waals surface area contributed by atoms with E-state index in [1.807, 2.05) is 6.07 Å². The normalized spacial score (nSPS) is 18.9. The second-order valence-electron chi connectivity index (χ2n) is 7.46. The Labute approximate surface area is 175 Å². The largest absolute Gasteiger partial charge is 0.357 e. The topological polar surface area (TPSA) is 68.9 Å². The molecule has 0 bridgehead atoms. The minimum absolute atomic E-state index is 0.304. The van der Waals surface area contributed by atoms with Crippen molar-refractivity contribution in [3.63, 3.8) is 0 Å². The first-order valence-electron chi connectivity index (χ1n) is 9.68. The fraction of sp³-hybridized carbons (Fsp3) is 0.500. The first-order valence-corrected chi connectivity index (χ1v) is 10.4. The van der Waals surface area contributed by atoms with Crippen molar-refractivity contribution in [3.05, 3.63) is 40.3 Å². The van der Waals surface area contributed by atoms with Crippen molar-refractivity contribution in [1.29, 1.82) is 5.26 Å². The third-order valence-electron chi connectivity index (χ3n) is 5.90. The van der Waals surface area contributed by atoms with Crippen molar-refractivity contribution in [1.82, 2.24) is 15.0 Å². The van der Waals surface area contributed by atoms with Crippen LogP contribution < -0.4 is 9.80 Å². The van der Waals surface area contributed by atoms with Gasteiger partial charge >= 0.3 is 0 Å². The summed E-state index contributed by atoms with van der Waals surface area (Å²) in [6, 6.07) is 5.74. The van der Waals surface area contributed by atoms with Crippen LogP contribution in [0.5, 0.6) is 0 Å². The van der Waals surface area contributed by atoms with Gasteiger partial charge in [-0.15, -0.1) is 0 Å². The molecule has 146 valence electrons.